The van der Waals surface area contributed by atoms with Crippen molar-refractivity contribution in [3.05, 3.63) is 174 Å². The quantitative estimate of drug-likeness (QED) is 0.135. The third-order valence-corrected chi connectivity index (χ3v) is 13.7. The van der Waals surface area contributed by atoms with Crippen LogP contribution in [0.1, 0.15) is 155 Å². The fraction of sp³-hybridized carbons (Fsp3) is 0.333. The molecule has 0 saturated heterocycles. The van der Waals surface area contributed by atoms with Crippen LogP contribution in [-0.2, 0) is 37.3 Å². The van der Waals surface area contributed by atoms with Crippen LogP contribution in [0.3, 0.4) is 0 Å². The van der Waals surface area contributed by atoms with E-state index in [1.807, 2.05) is 6.20 Å². The number of pyridine rings is 1. The Morgan fingerprint density at radius 3 is 1.81 bits per heavy atom. The predicted octanol–water partition coefficient (Wildman–Crippen LogP) is 17.9. The molecule has 2 aromatic heterocycles. The predicted molar refractivity (Wildman–Crippen MR) is 288 cm³/mol. The minimum Gasteiger partial charge on any atom is -0.509 e. The molecule has 8 aromatic rings. The maximum absolute atomic E-state index is 6.95. The molecule has 360 valence electrons. The maximum Gasteiger partial charge on any atom is 0.136 e. The largest absolute Gasteiger partial charge is 0.509 e. The Labute approximate surface area is 427 Å². The Balaban J connectivity index is 0.00000642. The molecule has 1 aliphatic heterocycles. The van der Waals surface area contributed by atoms with Gasteiger partial charge in [0, 0.05) is 61.3 Å². The summed E-state index contributed by atoms with van der Waals surface area (Å²) in [4.78, 5) is 9.65. The molecule has 3 heterocycles. The number of ether oxygens (including phenoxy) is 1. The first-order chi connectivity index (χ1) is 32.1. The first kappa shape index (κ1) is 49.8. The zero-order valence-corrected chi connectivity index (χ0v) is 45.6. The average Bonchev–Trinajstić information content (AvgIpc) is 3.83. The molecule has 1 aliphatic rings. The zero-order chi connectivity index (χ0) is 48.6. The standard InChI is InChI=1S/C63H69N4O.Pt/c1-39(2)43-29-52(40(3)4)60(53(30-43)41(5)6)42-27-28-64-59(31-42)67-55-26-23-45(62(10,11)12)35-54(55)51-25-24-49(37-58(51)67)68-50-34-46(63(13,14)15)33-48(36-50)66-38-65(56-21-16-17-22-57(56)66)47-20-18-19-44(32-47)61(7,8)9;/h16-35,38-41H,1-15H3;/q-3;. The third-order valence-electron chi connectivity index (χ3n) is 13.7. The molecule has 0 N–H and O–H groups in total. The summed E-state index contributed by atoms with van der Waals surface area (Å²) in [5.41, 5.74) is 16.4. The minimum absolute atomic E-state index is 0. The van der Waals surface area contributed by atoms with Gasteiger partial charge in [0.05, 0.1) is 0 Å². The van der Waals surface area contributed by atoms with Crippen LogP contribution in [-0.4, -0.2) is 9.55 Å². The molecule has 0 radical (unpaired) electrons. The van der Waals surface area contributed by atoms with Crippen LogP contribution < -0.4 is 14.5 Å². The number of rotatable bonds is 9. The van der Waals surface area contributed by atoms with E-state index in [4.69, 9.17) is 9.72 Å². The van der Waals surface area contributed by atoms with E-state index in [0.717, 1.165) is 50.6 Å². The molecule has 0 fully saturated rings. The Hall–Kier alpha value is -5.64. The van der Waals surface area contributed by atoms with Crippen molar-refractivity contribution >= 4 is 44.6 Å². The second-order valence-electron chi connectivity index (χ2n) is 23.0. The van der Waals surface area contributed by atoms with Crippen LogP contribution >= 0.6 is 0 Å². The van der Waals surface area contributed by atoms with Gasteiger partial charge in [0.15, 0.2) is 0 Å². The molecule has 0 bridgehead atoms. The summed E-state index contributed by atoms with van der Waals surface area (Å²) < 4.78 is 9.23. The van der Waals surface area contributed by atoms with Crippen molar-refractivity contribution in [3.63, 3.8) is 0 Å². The SMILES string of the molecule is CC(C)c1cc(C(C)C)c(-c2ccnc(-n3c4[c-]c(Oc5[c-]c(N6[CH-]N(c7cccc(C(C)(C)C)c7)c7ccccc76)cc(C(C)(C)C)c5)ccc4c4cc(C(C)(C)C)ccc43)c2)c(C(C)C)c1.[Pt]. The topological polar surface area (TPSA) is 33.5 Å². The number of aromatic nitrogens is 2. The van der Waals surface area contributed by atoms with Gasteiger partial charge in [-0.05, 0) is 121 Å². The van der Waals surface area contributed by atoms with Gasteiger partial charge in [0.25, 0.3) is 0 Å². The molecule has 0 aliphatic carbocycles. The van der Waals surface area contributed by atoms with Crippen molar-refractivity contribution in [3.8, 4) is 28.4 Å². The number of anilines is 4. The van der Waals surface area contributed by atoms with Crippen molar-refractivity contribution in [1.29, 1.82) is 0 Å². The third kappa shape index (κ3) is 9.66. The number of nitrogens with zero attached hydrogens (tertiary/aromatic N) is 4. The summed E-state index contributed by atoms with van der Waals surface area (Å²) >= 11 is 0. The molecule has 0 spiro atoms. The zero-order valence-electron chi connectivity index (χ0n) is 43.4. The summed E-state index contributed by atoms with van der Waals surface area (Å²) in [7, 11) is 0. The molecular weight excluding hydrogens is 1020 g/mol. The fourth-order valence-electron chi connectivity index (χ4n) is 9.57. The normalized spacial score (nSPS) is 13.3. The number of fused-ring (bicyclic) bond motifs is 4. The summed E-state index contributed by atoms with van der Waals surface area (Å²) in [6.45, 7) is 36.4. The Kier molecular flexibility index (Phi) is 13.4. The number of hydrogen-bond donors (Lipinski definition) is 0. The first-order valence-electron chi connectivity index (χ1n) is 24.6. The summed E-state index contributed by atoms with van der Waals surface area (Å²) in [5.74, 6) is 3.24. The van der Waals surface area contributed by atoms with Crippen LogP contribution in [0.15, 0.2) is 121 Å². The van der Waals surface area contributed by atoms with Crippen LogP contribution in [0, 0.1) is 18.8 Å². The van der Waals surface area contributed by atoms with Gasteiger partial charge < -0.3 is 19.1 Å². The molecular formula is C63H69N4OPt-3. The average molecular weight is 1090 g/mol. The molecule has 0 unspecified atom stereocenters. The molecule has 6 heteroatoms. The van der Waals surface area contributed by atoms with E-state index in [1.54, 1.807) is 0 Å². The van der Waals surface area contributed by atoms with Gasteiger partial charge in [0.2, 0.25) is 0 Å². The van der Waals surface area contributed by atoms with Crippen molar-refractivity contribution in [2.45, 2.75) is 138 Å². The molecule has 5 nitrogen and oxygen atoms in total. The number of hydrogen-bond acceptors (Lipinski definition) is 4. The molecule has 0 atom stereocenters. The van der Waals surface area contributed by atoms with Gasteiger partial charge in [-0.2, -0.15) is 6.07 Å². The van der Waals surface area contributed by atoms with E-state index in [0.29, 0.717) is 29.3 Å². The fourth-order valence-corrected chi connectivity index (χ4v) is 9.57. The van der Waals surface area contributed by atoms with Crippen LogP contribution in [0.25, 0.3) is 38.8 Å². The van der Waals surface area contributed by atoms with Crippen molar-refractivity contribution in [2.75, 3.05) is 9.80 Å². The Bertz CT molecular complexity index is 3160. The number of para-hydroxylation sites is 2. The molecule has 9 rings (SSSR count). The minimum atomic E-state index is -0.163. The smallest absolute Gasteiger partial charge is 0.136 e. The van der Waals surface area contributed by atoms with E-state index in [1.165, 1.54) is 44.3 Å². The molecule has 0 amide bonds. The van der Waals surface area contributed by atoms with Gasteiger partial charge in [0.1, 0.15) is 5.82 Å². The van der Waals surface area contributed by atoms with Gasteiger partial charge in [-0.1, -0.05) is 158 Å². The Morgan fingerprint density at radius 2 is 1.19 bits per heavy atom. The van der Waals surface area contributed by atoms with Crippen LogP contribution in [0.4, 0.5) is 22.7 Å². The van der Waals surface area contributed by atoms with E-state index in [-0.39, 0.29) is 37.3 Å². The Morgan fingerprint density at radius 1 is 0.551 bits per heavy atom. The van der Waals surface area contributed by atoms with Crippen LogP contribution in [0.5, 0.6) is 11.5 Å². The van der Waals surface area contributed by atoms with E-state index >= 15 is 0 Å². The van der Waals surface area contributed by atoms with Crippen LogP contribution in [0.2, 0.25) is 0 Å². The van der Waals surface area contributed by atoms with Gasteiger partial charge >= 0.3 is 0 Å². The van der Waals surface area contributed by atoms with E-state index in [9.17, 15) is 0 Å². The van der Waals surface area contributed by atoms with Crippen molar-refractivity contribution in [1.82, 2.24) is 9.55 Å². The van der Waals surface area contributed by atoms with Gasteiger partial charge in [-0.15, -0.1) is 53.6 Å². The van der Waals surface area contributed by atoms with Gasteiger partial charge in [-0.3, -0.25) is 0 Å². The van der Waals surface area contributed by atoms with E-state index < -0.39 is 0 Å². The monoisotopic (exact) mass is 1090 g/mol. The summed E-state index contributed by atoms with van der Waals surface area (Å²) in [6, 6.07) is 49.8. The molecule has 69 heavy (non-hydrogen) atoms. The summed E-state index contributed by atoms with van der Waals surface area (Å²) in [6.07, 6.45) is 1.97. The summed E-state index contributed by atoms with van der Waals surface area (Å²) in [5, 5.41) is 2.27. The van der Waals surface area contributed by atoms with Crippen molar-refractivity contribution < 1.29 is 25.8 Å². The van der Waals surface area contributed by atoms with Crippen molar-refractivity contribution in [2.24, 2.45) is 0 Å². The van der Waals surface area contributed by atoms with E-state index in [2.05, 4.69) is 252 Å². The molecule has 0 saturated carbocycles. The first-order valence-corrected chi connectivity index (χ1v) is 24.6. The maximum atomic E-state index is 6.95. The second-order valence-corrected chi connectivity index (χ2v) is 23.0. The number of benzene rings is 6. The second kappa shape index (κ2) is 18.6. The van der Waals surface area contributed by atoms with Gasteiger partial charge in [-0.25, -0.2) is 4.98 Å². The molecule has 6 aromatic carbocycles.